The first-order chi connectivity index (χ1) is 12.3. The van der Waals surface area contributed by atoms with Crippen LogP contribution in [0.15, 0.2) is 54.2 Å². The molecule has 5 rings (SSSR count). The van der Waals surface area contributed by atoms with Crippen LogP contribution in [0, 0.1) is 0 Å². The van der Waals surface area contributed by atoms with Crippen LogP contribution in [0.2, 0.25) is 0 Å². The molecule has 0 unspecified atom stereocenters. The van der Waals surface area contributed by atoms with Crippen molar-refractivity contribution in [2.75, 3.05) is 13.1 Å². The quantitative estimate of drug-likeness (QED) is 0.708. The van der Waals surface area contributed by atoms with Gasteiger partial charge in [-0.1, -0.05) is 24.3 Å². The van der Waals surface area contributed by atoms with Crippen LogP contribution in [0.1, 0.15) is 34.5 Å². The van der Waals surface area contributed by atoms with Crippen molar-refractivity contribution >= 4 is 22.9 Å². The fourth-order valence-electron chi connectivity index (χ4n) is 4.40. The number of ketones is 1. The molecule has 1 aliphatic heterocycles. The molecule has 2 aliphatic rings. The van der Waals surface area contributed by atoms with Crippen LogP contribution in [0.4, 0.5) is 0 Å². The second-order valence-corrected chi connectivity index (χ2v) is 6.93. The number of benzene rings is 1. The van der Waals surface area contributed by atoms with E-state index in [1.165, 1.54) is 11.1 Å². The minimum absolute atomic E-state index is 0.0936. The van der Waals surface area contributed by atoms with Gasteiger partial charge in [0.2, 0.25) is 5.78 Å². The molecule has 0 atom stereocenters. The lowest BCUT2D eigenvalue weighted by molar-refractivity contribution is 0.101. The van der Waals surface area contributed by atoms with E-state index in [2.05, 4.69) is 39.6 Å². The van der Waals surface area contributed by atoms with Crippen LogP contribution >= 0.6 is 0 Å². The van der Waals surface area contributed by atoms with Crippen molar-refractivity contribution in [3.8, 4) is 0 Å². The Morgan fingerprint density at radius 2 is 1.92 bits per heavy atom. The van der Waals surface area contributed by atoms with E-state index >= 15 is 0 Å². The molecule has 4 heteroatoms. The first-order valence-electron chi connectivity index (χ1n) is 8.79. The zero-order valence-corrected chi connectivity index (χ0v) is 13.9. The van der Waals surface area contributed by atoms with Gasteiger partial charge in [0.25, 0.3) is 0 Å². The summed E-state index contributed by atoms with van der Waals surface area (Å²) >= 11 is 0. The Morgan fingerprint density at radius 1 is 1.08 bits per heavy atom. The number of aromatic amines is 1. The predicted molar refractivity (Wildman–Crippen MR) is 98.6 cm³/mol. The standard InChI is InChI=1S/C21H19N3O/c25-19(18-13-15-5-3-9-23-20(15)24-18)17-12-14-4-1-2-6-16(14)21(17)7-10-22-11-8-21/h1-6,9,12-13,22H,7-8,10-11H2,(H,23,24). The first kappa shape index (κ1) is 14.6. The Hall–Kier alpha value is -2.72. The van der Waals surface area contributed by atoms with Crippen molar-refractivity contribution in [3.05, 3.63) is 71.1 Å². The molecule has 1 fully saturated rings. The molecule has 2 aromatic heterocycles. The number of H-pyrrole nitrogens is 1. The number of hydrogen-bond donors (Lipinski definition) is 2. The zero-order chi connectivity index (χ0) is 16.9. The smallest absolute Gasteiger partial charge is 0.206 e. The molecule has 0 radical (unpaired) electrons. The van der Waals surface area contributed by atoms with E-state index in [0.717, 1.165) is 42.5 Å². The average Bonchev–Trinajstić information content (AvgIpc) is 3.22. The molecule has 25 heavy (non-hydrogen) atoms. The molecule has 0 bridgehead atoms. The zero-order valence-electron chi connectivity index (χ0n) is 13.9. The van der Waals surface area contributed by atoms with Crippen LogP contribution in [-0.4, -0.2) is 28.8 Å². The minimum atomic E-state index is -0.163. The number of carbonyl (C=O) groups excluding carboxylic acids is 1. The normalized spacial score (nSPS) is 18.3. The van der Waals surface area contributed by atoms with Gasteiger partial charge in [0.15, 0.2) is 0 Å². The summed E-state index contributed by atoms with van der Waals surface area (Å²) in [5.74, 6) is 0.0936. The highest BCUT2D eigenvalue weighted by Crippen LogP contribution is 2.48. The average molecular weight is 329 g/mol. The van der Waals surface area contributed by atoms with Gasteiger partial charge in [0.1, 0.15) is 5.65 Å². The van der Waals surface area contributed by atoms with Crippen molar-refractivity contribution in [3.63, 3.8) is 0 Å². The maximum Gasteiger partial charge on any atom is 0.206 e. The highest BCUT2D eigenvalue weighted by molar-refractivity contribution is 6.15. The second-order valence-electron chi connectivity index (χ2n) is 6.93. The number of allylic oxidation sites excluding steroid dienone is 1. The summed E-state index contributed by atoms with van der Waals surface area (Å²) in [6.07, 6.45) is 5.76. The minimum Gasteiger partial charge on any atom is -0.337 e. The van der Waals surface area contributed by atoms with Crippen molar-refractivity contribution in [2.24, 2.45) is 0 Å². The third kappa shape index (κ3) is 2.11. The highest BCUT2D eigenvalue weighted by Gasteiger charge is 2.45. The summed E-state index contributed by atoms with van der Waals surface area (Å²) < 4.78 is 0. The van der Waals surface area contributed by atoms with E-state index in [1.807, 2.05) is 24.3 Å². The Morgan fingerprint density at radius 3 is 2.76 bits per heavy atom. The number of carbonyl (C=O) groups is 1. The van der Waals surface area contributed by atoms with E-state index < -0.39 is 0 Å². The molecule has 0 amide bonds. The Labute approximate surface area is 146 Å². The molecule has 0 saturated carbocycles. The number of nitrogens with one attached hydrogen (secondary N) is 2. The third-order valence-electron chi connectivity index (χ3n) is 5.63. The number of rotatable bonds is 2. The number of hydrogen-bond acceptors (Lipinski definition) is 3. The van der Waals surface area contributed by atoms with Crippen molar-refractivity contribution in [1.29, 1.82) is 0 Å². The summed E-state index contributed by atoms with van der Waals surface area (Å²) in [5.41, 5.74) is 4.63. The maximum absolute atomic E-state index is 13.4. The van der Waals surface area contributed by atoms with Gasteiger partial charge in [0.05, 0.1) is 5.69 Å². The lowest BCUT2D eigenvalue weighted by atomic mass is 9.69. The Balaban J connectivity index is 1.63. The number of fused-ring (bicyclic) bond motifs is 3. The molecule has 124 valence electrons. The lowest BCUT2D eigenvalue weighted by Gasteiger charge is -2.37. The SMILES string of the molecule is O=C(C1=Cc2ccccc2C12CCNCC2)c1cc2cccnc2[nH]1. The Bertz CT molecular complexity index is 976. The second kappa shape index (κ2) is 5.39. The lowest BCUT2D eigenvalue weighted by Crippen LogP contribution is -2.41. The van der Waals surface area contributed by atoms with E-state index in [4.69, 9.17) is 0 Å². The largest absolute Gasteiger partial charge is 0.337 e. The van der Waals surface area contributed by atoms with E-state index in [0.29, 0.717) is 5.69 Å². The van der Waals surface area contributed by atoms with Crippen LogP contribution in [0.5, 0.6) is 0 Å². The van der Waals surface area contributed by atoms with Gasteiger partial charge >= 0.3 is 0 Å². The van der Waals surface area contributed by atoms with Gasteiger partial charge in [-0.15, -0.1) is 0 Å². The van der Waals surface area contributed by atoms with Crippen LogP contribution in [-0.2, 0) is 5.41 Å². The van der Waals surface area contributed by atoms with Gasteiger partial charge in [-0.25, -0.2) is 4.98 Å². The van der Waals surface area contributed by atoms with Gasteiger partial charge in [-0.2, -0.15) is 0 Å². The highest BCUT2D eigenvalue weighted by atomic mass is 16.1. The maximum atomic E-state index is 13.4. The van der Waals surface area contributed by atoms with Crippen molar-refractivity contribution in [2.45, 2.75) is 18.3 Å². The molecule has 4 nitrogen and oxygen atoms in total. The third-order valence-corrected chi connectivity index (χ3v) is 5.63. The predicted octanol–water partition coefficient (Wildman–Crippen LogP) is 3.46. The number of pyridine rings is 1. The summed E-state index contributed by atoms with van der Waals surface area (Å²) in [6, 6.07) is 14.2. The summed E-state index contributed by atoms with van der Waals surface area (Å²) in [5, 5.41) is 4.40. The Kier molecular flexibility index (Phi) is 3.15. The monoisotopic (exact) mass is 329 g/mol. The van der Waals surface area contributed by atoms with Gasteiger partial charge in [-0.05, 0) is 61.3 Å². The molecule has 1 aromatic carbocycles. The number of Topliss-reactive ketones (excluding diaryl/α,β-unsaturated/α-hetero) is 1. The molecule has 1 aliphatic carbocycles. The van der Waals surface area contributed by atoms with E-state index in [9.17, 15) is 4.79 Å². The summed E-state index contributed by atoms with van der Waals surface area (Å²) in [6.45, 7) is 1.88. The molecule has 1 spiro atoms. The van der Waals surface area contributed by atoms with E-state index in [1.54, 1.807) is 6.20 Å². The van der Waals surface area contributed by atoms with Gasteiger partial charge in [-0.3, -0.25) is 4.79 Å². The van der Waals surface area contributed by atoms with Crippen molar-refractivity contribution in [1.82, 2.24) is 15.3 Å². The van der Waals surface area contributed by atoms with E-state index in [-0.39, 0.29) is 11.2 Å². The summed E-state index contributed by atoms with van der Waals surface area (Å²) in [7, 11) is 0. The van der Waals surface area contributed by atoms with Gasteiger partial charge < -0.3 is 10.3 Å². The topological polar surface area (TPSA) is 57.8 Å². The molecular formula is C21H19N3O. The molecule has 2 N–H and O–H groups in total. The van der Waals surface area contributed by atoms with Crippen LogP contribution < -0.4 is 5.32 Å². The van der Waals surface area contributed by atoms with Crippen LogP contribution in [0.25, 0.3) is 17.1 Å². The van der Waals surface area contributed by atoms with Gasteiger partial charge in [0, 0.05) is 22.6 Å². The number of piperidine rings is 1. The molecule has 3 aromatic rings. The molecule has 3 heterocycles. The molecular weight excluding hydrogens is 310 g/mol. The first-order valence-corrected chi connectivity index (χ1v) is 8.79. The van der Waals surface area contributed by atoms with Crippen molar-refractivity contribution < 1.29 is 4.79 Å². The summed E-state index contributed by atoms with van der Waals surface area (Å²) in [4.78, 5) is 20.9. The number of nitrogens with zero attached hydrogens (tertiary/aromatic N) is 1. The number of aromatic nitrogens is 2. The fraction of sp³-hybridized carbons (Fsp3) is 0.238. The fourth-order valence-corrected chi connectivity index (χ4v) is 4.40. The van der Waals surface area contributed by atoms with Crippen LogP contribution in [0.3, 0.4) is 0 Å². The molecule has 1 saturated heterocycles.